The van der Waals surface area contributed by atoms with Crippen molar-refractivity contribution in [2.75, 3.05) is 6.61 Å². The molecule has 0 fully saturated rings. The van der Waals surface area contributed by atoms with Crippen molar-refractivity contribution in [2.45, 2.75) is 19.3 Å². The molecule has 1 aliphatic rings. The van der Waals surface area contributed by atoms with Gasteiger partial charge in [-0.15, -0.1) is 5.06 Å². The summed E-state index contributed by atoms with van der Waals surface area (Å²) in [6, 6.07) is 17.0. The largest absolute Gasteiger partial charge is 0.285 e. The third-order valence-corrected chi connectivity index (χ3v) is 3.68. The highest BCUT2D eigenvalue weighted by molar-refractivity contribution is 6.20. The van der Waals surface area contributed by atoms with Crippen LogP contribution in [0.15, 0.2) is 54.6 Å². The van der Waals surface area contributed by atoms with E-state index >= 15 is 0 Å². The first kappa shape index (κ1) is 14.5. The predicted molar refractivity (Wildman–Crippen MR) is 82.3 cm³/mol. The molecule has 112 valence electrons. The minimum absolute atomic E-state index is 0.359. The number of amides is 2. The first-order valence-electron chi connectivity index (χ1n) is 7.42. The highest BCUT2D eigenvalue weighted by atomic mass is 16.7. The van der Waals surface area contributed by atoms with Crippen molar-refractivity contribution in [2.24, 2.45) is 0 Å². The fraction of sp³-hybridized carbons (Fsp3) is 0.222. The van der Waals surface area contributed by atoms with Crippen molar-refractivity contribution in [3.63, 3.8) is 0 Å². The minimum atomic E-state index is -0.372. The zero-order chi connectivity index (χ0) is 15.4. The Hall–Kier alpha value is -2.46. The van der Waals surface area contributed by atoms with Crippen molar-refractivity contribution in [3.05, 3.63) is 71.3 Å². The Morgan fingerprint density at radius 2 is 1.36 bits per heavy atom. The van der Waals surface area contributed by atoms with Gasteiger partial charge < -0.3 is 0 Å². The summed E-state index contributed by atoms with van der Waals surface area (Å²) in [6.07, 6.45) is 2.71. The molecule has 2 aromatic rings. The third kappa shape index (κ3) is 2.92. The molecular weight excluding hydrogens is 278 g/mol. The molecular formula is C18H17NO3. The molecule has 0 bridgehead atoms. The third-order valence-electron chi connectivity index (χ3n) is 3.68. The van der Waals surface area contributed by atoms with Gasteiger partial charge in [-0.25, -0.2) is 0 Å². The smallest absolute Gasteiger partial charge is 0.266 e. The molecule has 0 aromatic heterocycles. The van der Waals surface area contributed by atoms with Gasteiger partial charge in [-0.05, 0) is 37.0 Å². The number of unbranched alkanes of at least 4 members (excludes halogenated alkanes) is 1. The maximum Gasteiger partial charge on any atom is 0.285 e. The van der Waals surface area contributed by atoms with Gasteiger partial charge in [0.05, 0.1) is 17.7 Å². The highest BCUT2D eigenvalue weighted by Gasteiger charge is 2.36. The lowest BCUT2D eigenvalue weighted by molar-refractivity contribution is -0.0921. The number of hydroxylamine groups is 2. The van der Waals surface area contributed by atoms with Crippen LogP contribution < -0.4 is 0 Å². The van der Waals surface area contributed by atoms with Gasteiger partial charge >= 0.3 is 0 Å². The van der Waals surface area contributed by atoms with Gasteiger partial charge in [0.25, 0.3) is 11.8 Å². The maximum absolute atomic E-state index is 12.1. The van der Waals surface area contributed by atoms with Crippen molar-refractivity contribution in [3.8, 4) is 0 Å². The zero-order valence-electron chi connectivity index (χ0n) is 12.2. The van der Waals surface area contributed by atoms with E-state index in [-0.39, 0.29) is 11.8 Å². The molecule has 0 aliphatic carbocycles. The molecule has 0 spiro atoms. The Labute approximate surface area is 129 Å². The summed E-state index contributed by atoms with van der Waals surface area (Å²) in [5, 5.41) is 0.882. The molecule has 4 heteroatoms. The molecule has 4 nitrogen and oxygen atoms in total. The van der Waals surface area contributed by atoms with Crippen LogP contribution in [0, 0.1) is 0 Å². The van der Waals surface area contributed by atoms with E-state index in [1.54, 1.807) is 24.3 Å². The number of hydrogen-bond acceptors (Lipinski definition) is 3. The second-order valence-electron chi connectivity index (χ2n) is 5.23. The molecule has 0 saturated heterocycles. The van der Waals surface area contributed by atoms with Crippen molar-refractivity contribution in [1.82, 2.24) is 5.06 Å². The average Bonchev–Trinajstić information content (AvgIpc) is 2.81. The van der Waals surface area contributed by atoms with Crippen LogP contribution in [0.3, 0.4) is 0 Å². The normalized spacial score (nSPS) is 13.5. The Morgan fingerprint density at radius 1 is 0.773 bits per heavy atom. The first-order chi connectivity index (χ1) is 10.8. The summed E-state index contributed by atoms with van der Waals surface area (Å²) < 4.78 is 0. The summed E-state index contributed by atoms with van der Waals surface area (Å²) >= 11 is 0. The van der Waals surface area contributed by atoms with E-state index in [1.807, 2.05) is 18.2 Å². The number of fused-ring (bicyclic) bond motifs is 1. The molecule has 2 aromatic carbocycles. The quantitative estimate of drug-likeness (QED) is 0.607. The summed E-state index contributed by atoms with van der Waals surface area (Å²) in [5.41, 5.74) is 2.11. The molecule has 0 N–H and O–H groups in total. The minimum Gasteiger partial charge on any atom is -0.266 e. The van der Waals surface area contributed by atoms with Crippen LogP contribution in [-0.4, -0.2) is 23.5 Å². The Balaban J connectivity index is 1.47. The first-order valence-corrected chi connectivity index (χ1v) is 7.42. The van der Waals surface area contributed by atoms with Gasteiger partial charge in [0.15, 0.2) is 0 Å². The SMILES string of the molecule is O=C1c2ccccc2C(=O)N1OCCCCc1ccccc1. The maximum atomic E-state index is 12.1. The van der Waals surface area contributed by atoms with Crippen LogP contribution in [0.1, 0.15) is 39.1 Å². The number of carbonyl (C=O) groups is 2. The molecule has 0 atom stereocenters. The van der Waals surface area contributed by atoms with Gasteiger partial charge in [-0.1, -0.05) is 42.5 Å². The number of hydrogen-bond donors (Lipinski definition) is 0. The van der Waals surface area contributed by atoms with E-state index in [0.717, 1.165) is 24.3 Å². The summed E-state index contributed by atoms with van der Waals surface area (Å²) in [5.74, 6) is -0.743. The van der Waals surface area contributed by atoms with Crippen LogP contribution in [-0.2, 0) is 11.3 Å². The van der Waals surface area contributed by atoms with E-state index in [2.05, 4.69) is 12.1 Å². The fourth-order valence-corrected chi connectivity index (χ4v) is 2.52. The van der Waals surface area contributed by atoms with Crippen LogP contribution in [0.4, 0.5) is 0 Å². The van der Waals surface area contributed by atoms with Crippen LogP contribution >= 0.6 is 0 Å². The lowest BCUT2D eigenvalue weighted by atomic mass is 10.1. The second kappa shape index (κ2) is 6.54. The van der Waals surface area contributed by atoms with Crippen molar-refractivity contribution in [1.29, 1.82) is 0 Å². The van der Waals surface area contributed by atoms with E-state index in [0.29, 0.717) is 17.7 Å². The Morgan fingerprint density at radius 3 is 2.00 bits per heavy atom. The molecule has 2 amide bonds. The fourth-order valence-electron chi connectivity index (χ4n) is 2.52. The van der Waals surface area contributed by atoms with E-state index in [9.17, 15) is 9.59 Å². The second-order valence-corrected chi connectivity index (χ2v) is 5.23. The topological polar surface area (TPSA) is 46.6 Å². The molecule has 0 radical (unpaired) electrons. The molecule has 1 heterocycles. The monoisotopic (exact) mass is 295 g/mol. The van der Waals surface area contributed by atoms with E-state index in [1.165, 1.54) is 5.56 Å². The van der Waals surface area contributed by atoms with Gasteiger partial charge in [0.2, 0.25) is 0 Å². The highest BCUT2D eigenvalue weighted by Crippen LogP contribution is 2.22. The lowest BCUT2D eigenvalue weighted by Crippen LogP contribution is -2.30. The van der Waals surface area contributed by atoms with Gasteiger partial charge in [-0.2, -0.15) is 0 Å². The number of benzene rings is 2. The summed E-state index contributed by atoms with van der Waals surface area (Å²) in [4.78, 5) is 29.5. The van der Waals surface area contributed by atoms with Crippen LogP contribution in [0.25, 0.3) is 0 Å². The predicted octanol–water partition coefficient (Wildman–Crippen LogP) is 3.24. The molecule has 1 aliphatic heterocycles. The van der Waals surface area contributed by atoms with Gasteiger partial charge in [0, 0.05) is 0 Å². The van der Waals surface area contributed by atoms with Gasteiger partial charge in [-0.3, -0.25) is 14.4 Å². The zero-order valence-corrected chi connectivity index (χ0v) is 12.2. The average molecular weight is 295 g/mol. The molecule has 3 rings (SSSR count). The number of rotatable bonds is 6. The standard InChI is InChI=1S/C18H17NO3/c20-17-15-11-4-5-12-16(15)18(21)19(17)22-13-7-6-10-14-8-2-1-3-9-14/h1-5,8-9,11-12H,6-7,10,13H2. The number of nitrogens with zero attached hydrogens (tertiary/aromatic N) is 1. The van der Waals surface area contributed by atoms with Crippen LogP contribution in [0.2, 0.25) is 0 Å². The number of aryl methyl sites for hydroxylation is 1. The Bertz CT molecular complexity index is 647. The van der Waals surface area contributed by atoms with Gasteiger partial charge in [0.1, 0.15) is 0 Å². The molecule has 22 heavy (non-hydrogen) atoms. The van der Waals surface area contributed by atoms with Crippen molar-refractivity contribution < 1.29 is 14.4 Å². The summed E-state index contributed by atoms with van der Waals surface area (Å²) in [7, 11) is 0. The van der Waals surface area contributed by atoms with Crippen LogP contribution in [0.5, 0.6) is 0 Å². The van der Waals surface area contributed by atoms with Crippen molar-refractivity contribution >= 4 is 11.8 Å². The Kier molecular flexibility index (Phi) is 4.30. The van der Waals surface area contributed by atoms with E-state index in [4.69, 9.17) is 4.84 Å². The van der Waals surface area contributed by atoms with E-state index < -0.39 is 0 Å². The molecule has 0 unspecified atom stereocenters. The number of imide groups is 1. The summed E-state index contributed by atoms with van der Waals surface area (Å²) in [6.45, 7) is 0.359. The number of carbonyl (C=O) groups excluding carboxylic acids is 2. The lowest BCUT2D eigenvalue weighted by Gasteiger charge is -2.13. The molecule has 0 saturated carbocycles.